The molecule has 1 saturated heterocycles. The largest absolute Gasteiger partial charge is 0.468 e. The van der Waals surface area contributed by atoms with E-state index in [1.165, 1.54) is 18.3 Å². The van der Waals surface area contributed by atoms with E-state index < -0.39 is 16.6 Å². The van der Waals surface area contributed by atoms with Crippen molar-refractivity contribution in [1.29, 1.82) is 0 Å². The highest BCUT2D eigenvalue weighted by molar-refractivity contribution is 5.68. The minimum atomic E-state index is -0.565. The topological polar surface area (TPSA) is 94.8 Å². The predicted molar refractivity (Wildman–Crippen MR) is 82.3 cm³/mol. The van der Waals surface area contributed by atoms with Crippen LogP contribution < -0.4 is 4.74 Å². The minimum absolute atomic E-state index is 0.0199. The Hall–Kier alpha value is -2.38. The molecule has 23 heavy (non-hydrogen) atoms. The Kier molecular flexibility index (Phi) is 5.02. The van der Waals surface area contributed by atoms with Gasteiger partial charge < -0.3 is 14.4 Å². The summed E-state index contributed by atoms with van der Waals surface area (Å²) in [4.78, 5) is 28.1. The van der Waals surface area contributed by atoms with Crippen LogP contribution in [0.15, 0.2) is 18.3 Å². The van der Waals surface area contributed by atoms with E-state index in [-0.39, 0.29) is 17.7 Å². The third kappa shape index (κ3) is 4.80. The lowest BCUT2D eigenvalue weighted by Gasteiger charge is -2.33. The molecule has 1 aromatic rings. The second-order valence-electron chi connectivity index (χ2n) is 6.39. The SMILES string of the molecule is CC(C)(C)OC(=O)N1CCC[C@@H](Oc2ncccc2[N+](=O)[O-])C1. The summed E-state index contributed by atoms with van der Waals surface area (Å²) < 4.78 is 11.0. The average Bonchev–Trinajstić information content (AvgIpc) is 2.46. The van der Waals surface area contributed by atoms with Crippen molar-refractivity contribution in [2.24, 2.45) is 0 Å². The number of nitrogens with zero attached hydrogens (tertiary/aromatic N) is 3. The molecule has 1 aliphatic heterocycles. The van der Waals surface area contributed by atoms with Crippen molar-refractivity contribution < 1.29 is 19.2 Å². The first-order valence-electron chi connectivity index (χ1n) is 7.50. The number of pyridine rings is 1. The summed E-state index contributed by atoms with van der Waals surface area (Å²) in [5.41, 5.74) is -0.744. The average molecular weight is 323 g/mol. The highest BCUT2D eigenvalue weighted by atomic mass is 16.6. The number of hydrogen-bond donors (Lipinski definition) is 0. The van der Waals surface area contributed by atoms with Gasteiger partial charge in [-0.25, -0.2) is 9.78 Å². The van der Waals surface area contributed by atoms with Crippen LogP contribution in [0, 0.1) is 10.1 Å². The predicted octanol–water partition coefficient (Wildman–Crippen LogP) is 2.77. The van der Waals surface area contributed by atoms with Crippen LogP contribution in [0.1, 0.15) is 33.6 Å². The third-order valence-electron chi connectivity index (χ3n) is 3.26. The van der Waals surface area contributed by atoms with Crippen molar-refractivity contribution in [2.75, 3.05) is 13.1 Å². The van der Waals surface area contributed by atoms with Crippen molar-refractivity contribution in [3.63, 3.8) is 0 Å². The van der Waals surface area contributed by atoms with Gasteiger partial charge >= 0.3 is 11.8 Å². The number of nitro groups is 1. The number of carbonyl (C=O) groups excluding carboxylic acids is 1. The van der Waals surface area contributed by atoms with Crippen molar-refractivity contribution >= 4 is 11.8 Å². The fourth-order valence-electron chi connectivity index (χ4n) is 2.30. The van der Waals surface area contributed by atoms with Gasteiger partial charge in [-0.05, 0) is 39.7 Å². The lowest BCUT2D eigenvalue weighted by Crippen LogP contribution is -2.46. The zero-order chi connectivity index (χ0) is 17.0. The Bertz CT molecular complexity index is 585. The molecule has 0 bridgehead atoms. The Balaban J connectivity index is 2.02. The van der Waals surface area contributed by atoms with E-state index in [2.05, 4.69) is 4.98 Å². The number of piperidine rings is 1. The standard InChI is InChI=1S/C15H21N3O5/c1-15(2,3)23-14(19)17-9-5-6-11(10-17)22-13-12(18(20)21)7-4-8-16-13/h4,7-8,11H,5-6,9-10H2,1-3H3/t11-/m1/s1. The van der Waals surface area contributed by atoms with Crippen molar-refractivity contribution in [2.45, 2.75) is 45.3 Å². The number of likely N-dealkylation sites (tertiary alicyclic amines) is 1. The summed E-state index contributed by atoms with van der Waals surface area (Å²) in [5.74, 6) is -0.0199. The minimum Gasteiger partial charge on any atom is -0.468 e. The first kappa shape index (κ1) is 17.0. The molecule has 0 spiro atoms. The van der Waals surface area contributed by atoms with Crippen LogP contribution in [0.5, 0.6) is 5.88 Å². The maximum Gasteiger partial charge on any atom is 0.410 e. The summed E-state index contributed by atoms with van der Waals surface area (Å²) in [7, 11) is 0. The molecule has 0 aromatic carbocycles. The van der Waals surface area contributed by atoms with Crippen molar-refractivity contribution in [1.82, 2.24) is 9.88 Å². The van der Waals surface area contributed by atoms with Crippen molar-refractivity contribution in [3.8, 4) is 5.88 Å². The van der Waals surface area contributed by atoms with Crippen LogP contribution in [0.25, 0.3) is 0 Å². The maximum atomic E-state index is 12.1. The lowest BCUT2D eigenvalue weighted by molar-refractivity contribution is -0.386. The molecule has 0 radical (unpaired) electrons. The Labute approximate surface area is 134 Å². The van der Waals surface area contributed by atoms with E-state index in [0.29, 0.717) is 19.5 Å². The number of ether oxygens (including phenoxy) is 2. The summed E-state index contributed by atoms with van der Waals surface area (Å²) in [6, 6.07) is 2.83. The van der Waals surface area contributed by atoms with Gasteiger partial charge in [0.05, 0.1) is 11.5 Å². The molecular weight excluding hydrogens is 302 g/mol. The fourth-order valence-corrected chi connectivity index (χ4v) is 2.30. The first-order chi connectivity index (χ1) is 10.8. The zero-order valence-corrected chi connectivity index (χ0v) is 13.5. The first-order valence-corrected chi connectivity index (χ1v) is 7.50. The van der Waals surface area contributed by atoms with Crippen LogP contribution >= 0.6 is 0 Å². The number of carbonyl (C=O) groups is 1. The van der Waals surface area contributed by atoms with Crippen LogP contribution in [0.2, 0.25) is 0 Å². The molecule has 1 fully saturated rings. The van der Waals surface area contributed by atoms with E-state index in [4.69, 9.17) is 9.47 Å². The zero-order valence-electron chi connectivity index (χ0n) is 13.5. The normalized spacial score (nSPS) is 18.4. The summed E-state index contributed by atoms with van der Waals surface area (Å²) >= 11 is 0. The molecule has 8 nitrogen and oxygen atoms in total. The van der Waals surface area contributed by atoms with Gasteiger partial charge in [0.2, 0.25) is 0 Å². The highest BCUT2D eigenvalue weighted by Crippen LogP contribution is 2.26. The van der Waals surface area contributed by atoms with Gasteiger partial charge in [0.15, 0.2) is 0 Å². The van der Waals surface area contributed by atoms with Crippen LogP contribution in [0.3, 0.4) is 0 Å². The van der Waals surface area contributed by atoms with Gasteiger partial charge in [0, 0.05) is 18.8 Å². The fraction of sp³-hybridized carbons (Fsp3) is 0.600. The van der Waals surface area contributed by atoms with Gasteiger partial charge in [-0.15, -0.1) is 0 Å². The van der Waals surface area contributed by atoms with Gasteiger partial charge in [0.1, 0.15) is 11.7 Å². The highest BCUT2D eigenvalue weighted by Gasteiger charge is 2.30. The molecule has 1 aromatic heterocycles. The summed E-state index contributed by atoms with van der Waals surface area (Å²) in [6.45, 7) is 6.32. The maximum absolute atomic E-state index is 12.1. The summed E-state index contributed by atoms with van der Waals surface area (Å²) in [6.07, 6.45) is 2.14. The molecule has 126 valence electrons. The molecule has 1 atom stereocenters. The van der Waals surface area contributed by atoms with Gasteiger partial charge in [-0.2, -0.15) is 0 Å². The smallest absolute Gasteiger partial charge is 0.410 e. The monoisotopic (exact) mass is 323 g/mol. The van der Waals surface area contributed by atoms with E-state index in [0.717, 1.165) is 6.42 Å². The second kappa shape index (κ2) is 6.80. The quantitative estimate of drug-likeness (QED) is 0.627. The van der Waals surface area contributed by atoms with E-state index in [9.17, 15) is 14.9 Å². The Morgan fingerprint density at radius 3 is 2.87 bits per heavy atom. The Morgan fingerprint density at radius 1 is 1.48 bits per heavy atom. The van der Waals surface area contributed by atoms with E-state index in [1.807, 2.05) is 0 Å². The molecule has 1 amide bonds. The number of hydrogen-bond acceptors (Lipinski definition) is 6. The lowest BCUT2D eigenvalue weighted by atomic mass is 10.1. The molecule has 0 unspecified atom stereocenters. The Morgan fingerprint density at radius 2 is 2.22 bits per heavy atom. The number of aromatic nitrogens is 1. The molecule has 2 rings (SSSR count). The number of rotatable bonds is 3. The van der Waals surface area contributed by atoms with Gasteiger partial charge in [-0.3, -0.25) is 10.1 Å². The third-order valence-corrected chi connectivity index (χ3v) is 3.26. The van der Waals surface area contributed by atoms with Gasteiger partial charge in [0.25, 0.3) is 5.88 Å². The molecule has 0 saturated carbocycles. The molecule has 0 aliphatic carbocycles. The van der Waals surface area contributed by atoms with Crippen LogP contribution in [-0.4, -0.2) is 45.7 Å². The van der Waals surface area contributed by atoms with E-state index >= 15 is 0 Å². The van der Waals surface area contributed by atoms with Crippen LogP contribution in [-0.2, 0) is 4.74 Å². The molecule has 0 N–H and O–H groups in total. The van der Waals surface area contributed by atoms with Gasteiger partial charge in [-0.1, -0.05) is 0 Å². The van der Waals surface area contributed by atoms with Crippen LogP contribution in [0.4, 0.5) is 10.5 Å². The number of amides is 1. The molecule has 8 heteroatoms. The second-order valence-corrected chi connectivity index (χ2v) is 6.39. The van der Waals surface area contributed by atoms with Crippen molar-refractivity contribution in [3.05, 3.63) is 28.4 Å². The molecule has 1 aliphatic rings. The molecular formula is C15H21N3O5. The summed E-state index contributed by atoms with van der Waals surface area (Å²) in [5, 5.41) is 11.0. The van der Waals surface area contributed by atoms with E-state index in [1.54, 1.807) is 25.7 Å². The molecule has 2 heterocycles.